The van der Waals surface area contributed by atoms with Gasteiger partial charge in [0.2, 0.25) is 5.91 Å². The second-order valence-electron chi connectivity index (χ2n) is 7.42. The van der Waals surface area contributed by atoms with Gasteiger partial charge in [-0.3, -0.25) is 14.6 Å². The number of hydrogen-bond acceptors (Lipinski definition) is 5. The van der Waals surface area contributed by atoms with Crippen LogP contribution in [0.3, 0.4) is 0 Å². The number of alkyl halides is 2. The predicted octanol–water partition coefficient (Wildman–Crippen LogP) is 3.31. The lowest BCUT2D eigenvalue weighted by atomic mass is 10.1. The molecular formula is C20H21F2N5O2. The molecule has 2 aromatic rings. The van der Waals surface area contributed by atoms with Crippen LogP contribution < -0.4 is 15.5 Å². The van der Waals surface area contributed by atoms with Crippen LogP contribution in [0.5, 0.6) is 0 Å². The predicted molar refractivity (Wildman–Crippen MR) is 104 cm³/mol. The molecule has 0 aromatic carbocycles. The summed E-state index contributed by atoms with van der Waals surface area (Å²) in [5, 5.41) is 5.44. The van der Waals surface area contributed by atoms with Gasteiger partial charge in [0.1, 0.15) is 5.82 Å². The van der Waals surface area contributed by atoms with E-state index in [1.165, 1.54) is 30.7 Å². The quantitative estimate of drug-likeness (QED) is 0.803. The Hall–Kier alpha value is -3.10. The third kappa shape index (κ3) is 4.67. The van der Waals surface area contributed by atoms with Crippen LogP contribution in [0, 0.1) is 5.92 Å². The van der Waals surface area contributed by atoms with Crippen molar-refractivity contribution >= 4 is 29.0 Å². The molecular weight excluding hydrogens is 380 g/mol. The molecule has 0 bridgehead atoms. The van der Waals surface area contributed by atoms with Crippen molar-refractivity contribution < 1.29 is 18.4 Å². The smallest absolute Gasteiger partial charge is 0.265 e. The lowest BCUT2D eigenvalue weighted by molar-refractivity contribution is -0.117. The maximum atomic E-state index is 13.8. The van der Waals surface area contributed by atoms with E-state index in [-0.39, 0.29) is 18.2 Å². The molecule has 2 aromatic heterocycles. The number of anilines is 3. The molecule has 9 heteroatoms. The zero-order chi connectivity index (χ0) is 20.4. The molecule has 7 nitrogen and oxygen atoms in total. The van der Waals surface area contributed by atoms with Gasteiger partial charge in [0.25, 0.3) is 11.8 Å². The average molecular weight is 401 g/mol. The minimum Gasteiger partial charge on any atom is -0.364 e. The molecule has 0 radical (unpaired) electrons. The van der Waals surface area contributed by atoms with Crippen molar-refractivity contribution in [2.45, 2.75) is 31.6 Å². The Morgan fingerprint density at radius 1 is 1.17 bits per heavy atom. The van der Waals surface area contributed by atoms with Crippen LogP contribution in [0.15, 0.2) is 36.8 Å². The number of carbonyl (C=O) groups excluding carboxylic acids is 2. The van der Waals surface area contributed by atoms with Gasteiger partial charge < -0.3 is 15.5 Å². The lowest BCUT2D eigenvalue weighted by Gasteiger charge is -2.35. The zero-order valence-corrected chi connectivity index (χ0v) is 15.7. The van der Waals surface area contributed by atoms with Crippen molar-refractivity contribution in [1.29, 1.82) is 0 Å². The standard InChI is InChI=1S/C20H21F2N5O2/c21-20(22)6-1-9-27(12-20)16-5-7-23-11-15(16)25-19(29)14-4-8-24-17(10-14)26-18(28)13-2-3-13/h4-5,7-8,10-11,13H,1-3,6,9,12H2,(H,25,29)(H,24,26,28). The SMILES string of the molecule is O=C(Nc1cnccc1N1CCCC(F)(F)C1)c1ccnc(NC(=O)C2CC2)c1. The van der Waals surface area contributed by atoms with Crippen LogP contribution in [0.4, 0.5) is 26.0 Å². The summed E-state index contributed by atoms with van der Waals surface area (Å²) in [6, 6.07) is 4.62. The van der Waals surface area contributed by atoms with Crippen LogP contribution in [-0.2, 0) is 4.79 Å². The first kappa shape index (κ1) is 19.2. The molecule has 2 amide bonds. The van der Waals surface area contributed by atoms with Gasteiger partial charge in [0.15, 0.2) is 0 Å². The van der Waals surface area contributed by atoms with Crippen LogP contribution >= 0.6 is 0 Å². The molecule has 152 valence electrons. The van der Waals surface area contributed by atoms with Gasteiger partial charge in [-0.05, 0) is 37.5 Å². The number of nitrogens with zero attached hydrogens (tertiary/aromatic N) is 3. The monoisotopic (exact) mass is 401 g/mol. The Morgan fingerprint density at radius 3 is 2.76 bits per heavy atom. The number of amides is 2. The Balaban J connectivity index is 1.49. The fraction of sp³-hybridized carbons (Fsp3) is 0.400. The van der Waals surface area contributed by atoms with Crippen LogP contribution in [0.25, 0.3) is 0 Å². The molecule has 2 N–H and O–H groups in total. The van der Waals surface area contributed by atoms with E-state index < -0.39 is 18.4 Å². The number of hydrogen-bond donors (Lipinski definition) is 2. The minimum atomic E-state index is -2.76. The number of carbonyl (C=O) groups is 2. The second-order valence-corrected chi connectivity index (χ2v) is 7.42. The van der Waals surface area contributed by atoms with E-state index in [0.717, 1.165) is 12.8 Å². The first-order chi connectivity index (χ1) is 13.9. The summed E-state index contributed by atoms with van der Waals surface area (Å²) < 4.78 is 27.6. The fourth-order valence-electron chi connectivity index (χ4n) is 3.34. The molecule has 1 aliphatic carbocycles. The number of halogens is 2. The Bertz CT molecular complexity index is 933. The number of pyridine rings is 2. The van der Waals surface area contributed by atoms with Gasteiger partial charge in [0, 0.05) is 36.8 Å². The van der Waals surface area contributed by atoms with Gasteiger partial charge in [-0.25, -0.2) is 13.8 Å². The normalized spacial score (nSPS) is 18.2. The summed E-state index contributed by atoms with van der Waals surface area (Å²) in [4.78, 5) is 34.2. The van der Waals surface area contributed by atoms with Gasteiger partial charge in [-0.2, -0.15) is 0 Å². The molecule has 0 spiro atoms. The van der Waals surface area contributed by atoms with Crippen molar-refractivity contribution in [3.8, 4) is 0 Å². The second kappa shape index (κ2) is 7.73. The molecule has 1 saturated heterocycles. The van der Waals surface area contributed by atoms with E-state index in [1.54, 1.807) is 11.0 Å². The summed E-state index contributed by atoms with van der Waals surface area (Å²) >= 11 is 0. The van der Waals surface area contributed by atoms with Gasteiger partial charge >= 0.3 is 0 Å². The van der Waals surface area contributed by atoms with Gasteiger partial charge in [-0.1, -0.05) is 0 Å². The van der Waals surface area contributed by atoms with Crippen molar-refractivity contribution in [2.75, 3.05) is 28.6 Å². The van der Waals surface area contributed by atoms with E-state index in [0.29, 0.717) is 35.7 Å². The van der Waals surface area contributed by atoms with E-state index in [9.17, 15) is 18.4 Å². The highest BCUT2D eigenvalue weighted by Crippen LogP contribution is 2.33. The minimum absolute atomic E-state index is 0.0231. The van der Waals surface area contributed by atoms with Crippen molar-refractivity contribution in [1.82, 2.24) is 9.97 Å². The van der Waals surface area contributed by atoms with E-state index in [1.807, 2.05) is 0 Å². The molecule has 2 fully saturated rings. The fourth-order valence-corrected chi connectivity index (χ4v) is 3.34. The molecule has 29 heavy (non-hydrogen) atoms. The maximum Gasteiger partial charge on any atom is 0.265 e. The summed E-state index contributed by atoms with van der Waals surface area (Å²) in [7, 11) is 0. The topological polar surface area (TPSA) is 87.2 Å². The lowest BCUT2D eigenvalue weighted by Crippen LogP contribution is -2.43. The highest BCUT2D eigenvalue weighted by Gasteiger charge is 2.36. The number of aromatic nitrogens is 2. The molecule has 1 saturated carbocycles. The van der Waals surface area contributed by atoms with Crippen LogP contribution in [0.1, 0.15) is 36.0 Å². The Morgan fingerprint density at radius 2 is 2.00 bits per heavy atom. The highest BCUT2D eigenvalue weighted by molar-refractivity contribution is 6.06. The highest BCUT2D eigenvalue weighted by atomic mass is 19.3. The molecule has 0 unspecified atom stereocenters. The molecule has 4 rings (SSSR count). The molecule has 3 heterocycles. The van der Waals surface area contributed by atoms with Crippen LogP contribution in [-0.4, -0.2) is 40.8 Å². The molecule has 0 atom stereocenters. The van der Waals surface area contributed by atoms with E-state index in [2.05, 4.69) is 20.6 Å². The number of nitrogens with one attached hydrogen (secondary N) is 2. The van der Waals surface area contributed by atoms with Gasteiger partial charge in [-0.15, -0.1) is 0 Å². The van der Waals surface area contributed by atoms with E-state index >= 15 is 0 Å². The Kier molecular flexibility index (Phi) is 5.12. The average Bonchev–Trinajstić information content (AvgIpc) is 3.53. The molecule has 2 aliphatic rings. The third-order valence-electron chi connectivity index (χ3n) is 5.00. The summed E-state index contributed by atoms with van der Waals surface area (Å²) in [5.74, 6) is -2.97. The first-order valence-electron chi connectivity index (χ1n) is 9.56. The first-order valence-corrected chi connectivity index (χ1v) is 9.56. The van der Waals surface area contributed by atoms with Crippen molar-refractivity contribution in [2.24, 2.45) is 5.92 Å². The molecule has 1 aliphatic heterocycles. The summed E-state index contributed by atoms with van der Waals surface area (Å²) in [6.07, 6.45) is 6.36. The summed E-state index contributed by atoms with van der Waals surface area (Å²) in [6.45, 7) is 0.0849. The maximum absolute atomic E-state index is 13.8. The largest absolute Gasteiger partial charge is 0.364 e. The summed E-state index contributed by atoms with van der Waals surface area (Å²) in [5.41, 5.74) is 1.16. The third-order valence-corrected chi connectivity index (χ3v) is 5.00. The van der Waals surface area contributed by atoms with Gasteiger partial charge in [0.05, 0.1) is 24.1 Å². The van der Waals surface area contributed by atoms with E-state index in [4.69, 9.17) is 0 Å². The zero-order valence-electron chi connectivity index (χ0n) is 15.7. The van der Waals surface area contributed by atoms with Crippen molar-refractivity contribution in [3.05, 3.63) is 42.4 Å². The number of piperidine rings is 1. The Labute approximate surface area is 166 Å². The number of rotatable bonds is 5. The van der Waals surface area contributed by atoms with Crippen LogP contribution in [0.2, 0.25) is 0 Å². The van der Waals surface area contributed by atoms with Crippen molar-refractivity contribution in [3.63, 3.8) is 0 Å².